The second kappa shape index (κ2) is 15.2. The summed E-state index contributed by atoms with van der Waals surface area (Å²) in [5.41, 5.74) is 0. The van der Waals surface area contributed by atoms with Crippen LogP contribution in [0.3, 0.4) is 0 Å². The molecule has 5 heteroatoms. The summed E-state index contributed by atoms with van der Waals surface area (Å²) in [5, 5.41) is 4.06. The number of halogens is 2. The highest BCUT2D eigenvalue weighted by molar-refractivity contribution is 6.35. The minimum absolute atomic E-state index is 0.0929. The number of carbonyl (C=O) groups excluding carboxylic acids is 1. The van der Waals surface area contributed by atoms with E-state index in [0.717, 1.165) is 13.0 Å². The van der Waals surface area contributed by atoms with Crippen molar-refractivity contribution in [2.45, 2.75) is 77.6 Å². The first-order chi connectivity index (χ1) is 12.6. The van der Waals surface area contributed by atoms with Gasteiger partial charge in [0.15, 0.2) is 0 Å². The molecule has 0 unspecified atom stereocenters. The van der Waals surface area contributed by atoms with Crippen LogP contribution in [0, 0.1) is 0 Å². The van der Waals surface area contributed by atoms with Gasteiger partial charge in [-0.25, -0.2) is 0 Å². The molecule has 1 rings (SSSR count). The lowest BCUT2D eigenvalue weighted by Crippen LogP contribution is -2.24. The van der Waals surface area contributed by atoms with Crippen LogP contribution >= 0.6 is 23.2 Å². The summed E-state index contributed by atoms with van der Waals surface area (Å²) in [4.78, 5) is 11.8. The fraction of sp³-hybridized carbons (Fsp3) is 0.667. The molecular formula is C21H33Cl2NO2. The van der Waals surface area contributed by atoms with E-state index in [1.165, 1.54) is 51.4 Å². The maximum Gasteiger partial charge on any atom is 0.220 e. The minimum Gasteiger partial charge on any atom is -0.492 e. The molecule has 148 valence electrons. The van der Waals surface area contributed by atoms with Gasteiger partial charge < -0.3 is 10.1 Å². The van der Waals surface area contributed by atoms with Crippen molar-refractivity contribution in [3.63, 3.8) is 0 Å². The average Bonchev–Trinajstić information content (AvgIpc) is 2.62. The second-order valence-electron chi connectivity index (χ2n) is 6.71. The molecule has 0 aliphatic carbocycles. The molecule has 3 nitrogen and oxygen atoms in total. The molecule has 0 fully saturated rings. The molecule has 26 heavy (non-hydrogen) atoms. The Morgan fingerprint density at radius 2 is 1.62 bits per heavy atom. The Hall–Kier alpha value is -0.930. The topological polar surface area (TPSA) is 38.3 Å². The van der Waals surface area contributed by atoms with Crippen LogP contribution in [0.2, 0.25) is 10.0 Å². The van der Waals surface area contributed by atoms with Crippen LogP contribution in [0.5, 0.6) is 5.75 Å². The Morgan fingerprint density at radius 3 is 2.27 bits per heavy atom. The first-order valence-electron chi connectivity index (χ1n) is 9.98. The van der Waals surface area contributed by atoms with E-state index < -0.39 is 0 Å². The quantitative estimate of drug-likeness (QED) is 0.328. The highest BCUT2D eigenvalue weighted by Gasteiger charge is 2.04. The molecule has 0 radical (unpaired) electrons. The number of hydrogen-bond donors (Lipinski definition) is 1. The number of hydrogen-bond acceptors (Lipinski definition) is 2. The number of benzene rings is 1. The molecule has 0 spiro atoms. The lowest BCUT2D eigenvalue weighted by molar-refractivity contribution is -0.121. The first-order valence-corrected chi connectivity index (χ1v) is 10.7. The zero-order valence-corrected chi connectivity index (χ0v) is 17.5. The van der Waals surface area contributed by atoms with Crippen molar-refractivity contribution in [2.75, 3.05) is 13.2 Å². The van der Waals surface area contributed by atoms with Crippen LogP contribution in [-0.4, -0.2) is 19.1 Å². The fourth-order valence-electron chi connectivity index (χ4n) is 2.76. The lowest BCUT2D eigenvalue weighted by atomic mass is 10.1. The molecule has 1 amide bonds. The predicted molar refractivity (Wildman–Crippen MR) is 111 cm³/mol. The van der Waals surface area contributed by atoms with Crippen molar-refractivity contribution in [2.24, 2.45) is 0 Å². The van der Waals surface area contributed by atoms with Crippen LogP contribution in [-0.2, 0) is 4.79 Å². The zero-order valence-electron chi connectivity index (χ0n) is 16.0. The van der Waals surface area contributed by atoms with Crippen molar-refractivity contribution in [3.8, 4) is 5.75 Å². The van der Waals surface area contributed by atoms with E-state index >= 15 is 0 Å². The van der Waals surface area contributed by atoms with Crippen LogP contribution < -0.4 is 10.1 Å². The maximum absolute atomic E-state index is 11.8. The van der Waals surface area contributed by atoms with Crippen molar-refractivity contribution in [1.82, 2.24) is 5.32 Å². The van der Waals surface area contributed by atoms with Gasteiger partial charge in [-0.1, -0.05) is 81.5 Å². The summed E-state index contributed by atoms with van der Waals surface area (Å²) < 4.78 is 5.58. The van der Waals surface area contributed by atoms with E-state index in [4.69, 9.17) is 27.9 Å². The number of carbonyl (C=O) groups is 1. The summed E-state index contributed by atoms with van der Waals surface area (Å²) in [6, 6.07) is 5.13. The molecule has 1 aromatic rings. The van der Waals surface area contributed by atoms with Crippen molar-refractivity contribution in [1.29, 1.82) is 0 Å². The van der Waals surface area contributed by atoms with Gasteiger partial charge in [-0.15, -0.1) is 0 Å². The summed E-state index contributed by atoms with van der Waals surface area (Å²) >= 11 is 11.9. The molecule has 0 aliphatic rings. The molecule has 0 atom stereocenters. The lowest BCUT2D eigenvalue weighted by Gasteiger charge is -2.08. The second-order valence-corrected chi connectivity index (χ2v) is 7.55. The van der Waals surface area contributed by atoms with Gasteiger partial charge in [-0.3, -0.25) is 4.79 Å². The van der Waals surface area contributed by atoms with Gasteiger partial charge in [0.25, 0.3) is 0 Å². The molecule has 0 heterocycles. The average molecular weight is 402 g/mol. The van der Waals surface area contributed by atoms with Gasteiger partial charge in [0, 0.05) is 18.0 Å². The smallest absolute Gasteiger partial charge is 0.220 e. The Morgan fingerprint density at radius 1 is 0.962 bits per heavy atom. The number of nitrogens with one attached hydrogen (secondary N) is 1. The van der Waals surface area contributed by atoms with Crippen LogP contribution in [0.1, 0.15) is 77.6 Å². The number of ether oxygens (including phenoxy) is 1. The van der Waals surface area contributed by atoms with Gasteiger partial charge in [0.2, 0.25) is 5.91 Å². The van der Waals surface area contributed by atoms with E-state index in [2.05, 4.69) is 12.2 Å². The molecule has 0 saturated carbocycles. The molecule has 1 N–H and O–H groups in total. The summed E-state index contributed by atoms with van der Waals surface area (Å²) in [6.07, 6.45) is 12.8. The van der Waals surface area contributed by atoms with Crippen molar-refractivity contribution in [3.05, 3.63) is 28.2 Å². The van der Waals surface area contributed by atoms with Gasteiger partial charge in [-0.05, 0) is 31.0 Å². The van der Waals surface area contributed by atoms with E-state index in [1.54, 1.807) is 18.2 Å². The van der Waals surface area contributed by atoms with Crippen LogP contribution in [0.15, 0.2) is 18.2 Å². The SMILES string of the molecule is CCCCCCCCCCCNC(=O)CCCOc1ccc(Cl)cc1Cl. The maximum atomic E-state index is 11.8. The number of unbranched alkanes of at least 4 members (excludes halogenated alkanes) is 8. The Bertz CT molecular complexity index is 509. The van der Waals surface area contributed by atoms with Gasteiger partial charge >= 0.3 is 0 Å². The summed E-state index contributed by atoms with van der Waals surface area (Å²) in [6.45, 7) is 3.49. The highest BCUT2D eigenvalue weighted by Crippen LogP contribution is 2.27. The van der Waals surface area contributed by atoms with Gasteiger partial charge in [-0.2, -0.15) is 0 Å². The molecular weight excluding hydrogens is 369 g/mol. The normalized spacial score (nSPS) is 10.7. The Kier molecular flexibility index (Phi) is 13.5. The van der Waals surface area contributed by atoms with E-state index in [9.17, 15) is 4.79 Å². The Balaban J connectivity index is 1.92. The molecule has 1 aromatic carbocycles. The zero-order chi connectivity index (χ0) is 19.0. The predicted octanol–water partition coefficient (Wildman–Crippen LogP) is 6.80. The monoisotopic (exact) mass is 401 g/mol. The van der Waals surface area contributed by atoms with Gasteiger partial charge in [0.05, 0.1) is 11.6 Å². The number of rotatable bonds is 15. The molecule has 0 bridgehead atoms. The third kappa shape index (κ3) is 11.6. The third-order valence-electron chi connectivity index (χ3n) is 4.30. The van der Waals surface area contributed by atoms with Crippen LogP contribution in [0.25, 0.3) is 0 Å². The first kappa shape index (κ1) is 23.1. The number of amides is 1. The Labute approximate surface area is 168 Å². The van der Waals surface area contributed by atoms with E-state index in [1.807, 2.05) is 0 Å². The third-order valence-corrected chi connectivity index (χ3v) is 4.83. The van der Waals surface area contributed by atoms with Crippen molar-refractivity contribution >= 4 is 29.1 Å². The standard InChI is InChI=1S/C21H33Cl2NO2/c1-2-3-4-5-6-7-8-9-10-15-24-21(25)12-11-16-26-20-14-13-18(22)17-19(20)23/h13-14,17H,2-12,15-16H2,1H3,(H,24,25). The van der Waals surface area contributed by atoms with E-state index in [0.29, 0.717) is 35.2 Å². The highest BCUT2D eigenvalue weighted by atomic mass is 35.5. The molecule has 0 aliphatic heterocycles. The van der Waals surface area contributed by atoms with Gasteiger partial charge in [0.1, 0.15) is 5.75 Å². The molecule has 0 aromatic heterocycles. The van der Waals surface area contributed by atoms with Crippen LogP contribution in [0.4, 0.5) is 0 Å². The van der Waals surface area contributed by atoms with Crippen molar-refractivity contribution < 1.29 is 9.53 Å². The summed E-state index contributed by atoms with van der Waals surface area (Å²) in [7, 11) is 0. The fourth-order valence-corrected chi connectivity index (χ4v) is 3.22. The molecule has 0 saturated heterocycles. The largest absolute Gasteiger partial charge is 0.492 e. The van der Waals surface area contributed by atoms with E-state index in [-0.39, 0.29) is 5.91 Å². The summed E-state index contributed by atoms with van der Waals surface area (Å²) in [5.74, 6) is 0.696. The minimum atomic E-state index is 0.0929.